The van der Waals surface area contributed by atoms with E-state index in [1.54, 1.807) is 12.3 Å². The summed E-state index contributed by atoms with van der Waals surface area (Å²) >= 11 is 5.88. The molecular weight excluding hydrogens is 346 g/mol. The lowest BCUT2D eigenvalue weighted by molar-refractivity contribution is 0.0946. The van der Waals surface area contributed by atoms with Crippen LogP contribution in [0, 0.1) is 6.92 Å². The van der Waals surface area contributed by atoms with Crippen LogP contribution in [0.15, 0.2) is 66.9 Å². The van der Waals surface area contributed by atoms with Gasteiger partial charge in [0, 0.05) is 18.1 Å². The van der Waals surface area contributed by atoms with Crippen LogP contribution in [0.1, 0.15) is 27.2 Å². The molecule has 26 heavy (non-hydrogen) atoms. The minimum atomic E-state index is -0.183. The zero-order chi connectivity index (χ0) is 18.4. The second-order valence-corrected chi connectivity index (χ2v) is 6.46. The Morgan fingerprint density at radius 3 is 2.46 bits per heavy atom. The molecule has 3 rings (SSSR count). The largest absolute Gasteiger partial charge is 0.380 e. The first-order valence-corrected chi connectivity index (χ1v) is 8.77. The van der Waals surface area contributed by atoms with Crippen molar-refractivity contribution in [1.82, 2.24) is 10.3 Å². The minimum Gasteiger partial charge on any atom is -0.380 e. The van der Waals surface area contributed by atoms with Gasteiger partial charge in [0.1, 0.15) is 5.69 Å². The molecule has 132 valence electrons. The van der Waals surface area contributed by atoms with Gasteiger partial charge in [0.05, 0.1) is 11.9 Å². The second kappa shape index (κ2) is 8.50. The topological polar surface area (TPSA) is 54.0 Å². The van der Waals surface area contributed by atoms with Crippen LogP contribution < -0.4 is 10.6 Å². The molecule has 0 fully saturated rings. The molecule has 5 heteroatoms. The Morgan fingerprint density at radius 1 is 1.00 bits per heavy atom. The van der Waals surface area contributed by atoms with E-state index in [9.17, 15) is 4.79 Å². The fourth-order valence-electron chi connectivity index (χ4n) is 2.51. The summed E-state index contributed by atoms with van der Waals surface area (Å²) in [7, 11) is 0. The SMILES string of the molecule is Cc1ccccc1CNC(=O)c1ccc(NCc2ccc(Cl)cc2)cn1. The summed E-state index contributed by atoms with van der Waals surface area (Å²) < 4.78 is 0. The van der Waals surface area contributed by atoms with Gasteiger partial charge in [-0.05, 0) is 47.9 Å². The van der Waals surface area contributed by atoms with E-state index in [2.05, 4.69) is 15.6 Å². The summed E-state index contributed by atoms with van der Waals surface area (Å²) in [6.45, 7) is 3.18. The third-order valence-corrected chi connectivity index (χ3v) is 4.36. The fourth-order valence-corrected chi connectivity index (χ4v) is 2.64. The molecule has 0 spiro atoms. The van der Waals surface area contributed by atoms with Crippen LogP contribution in [0.2, 0.25) is 5.02 Å². The Hall–Kier alpha value is -2.85. The van der Waals surface area contributed by atoms with Crippen molar-refractivity contribution in [2.75, 3.05) is 5.32 Å². The van der Waals surface area contributed by atoms with Crippen molar-refractivity contribution in [2.24, 2.45) is 0 Å². The molecule has 0 aliphatic rings. The number of anilines is 1. The number of benzene rings is 2. The molecule has 1 aromatic heterocycles. The summed E-state index contributed by atoms with van der Waals surface area (Å²) in [4.78, 5) is 16.5. The number of amides is 1. The van der Waals surface area contributed by atoms with Gasteiger partial charge in [-0.25, -0.2) is 4.98 Å². The van der Waals surface area contributed by atoms with Gasteiger partial charge in [0.2, 0.25) is 0 Å². The van der Waals surface area contributed by atoms with Crippen molar-refractivity contribution >= 4 is 23.2 Å². The number of pyridine rings is 1. The maximum absolute atomic E-state index is 12.2. The van der Waals surface area contributed by atoms with Gasteiger partial charge in [-0.1, -0.05) is 48.0 Å². The Morgan fingerprint density at radius 2 is 1.77 bits per heavy atom. The second-order valence-electron chi connectivity index (χ2n) is 6.02. The van der Waals surface area contributed by atoms with Crippen LogP contribution >= 0.6 is 11.6 Å². The number of carbonyl (C=O) groups is 1. The van der Waals surface area contributed by atoms with Crippen LogP contribution in [0.5, 0.6) is 0 Å². The molecule has 0 saturated heterocycles. The number of aromatic nitrogens is 1. The van der Waals surface area contributed by atoms with Gasteiger partial charge in [-0.15, -0.1) is 0 Å². The van der Waals surface area contributed by atoms with E-state index in [0.717, 1.165) is 27.4 Å². The highest BCUT2D eigenvalue weighted by Gasteiger charge is 2.07. The molecule has 2 N–H and O–H groups in total. The zero-order valence-electron chi connectivity index (χ0n) is 14.5. The number of hydrogen-bond acceptors (Lipinski definition) is 3. The number of nitrogens with one attached hydrogen (secondary N) is 2. The summed E-state index contributed by atoms with van der Waals surface area (Å²) in [5.41, 5.74) is 4.63. The molecule has 0 aliphatic carbocycles. The third-order valence-electron chi connectivity index (χ3n) is 4.11. The monoisotopic (exact) mass is 365 g/mol. The highest BCUT2D eigenvalue weighted by Crippen LogP contribution is 2.12. The predicted octanol–water partition coefficient (Wildman–Crippen LogP) is 4.59. The van der Waals surface area contributed by atoms with Crippen molar-refractivity contribution in [1.29, 1.82) is 0 Å². The normalized spacial score (nSPS) is 10.4. The summed E-state index contributed by atoms with van der Waals surface area (Å²) in [5.74, 6) is -0.183. The van der Waals surface area contributed by atoms with Crippen molar-refractivity contribution in [3.8, 4) is 0 Å². The molecule has 0 bridgehead atoms. The van der Waals surface area contributed by atoms with E-state index in [-0.39, 0.29) is 5.91 Å². The van der Waals surface area contributed by atoms with E-state index < -0.39 is 0 Å². The molecule has 0 atom stereocenters. The summed E-state index contributed by atoms with van der Waals surface area (Å²) in [6, 6.07) is 19.2. The third kappa shape index (κ3) is 4.83. The molecule has 0 unspecified atom stereocenters. The lowest BCUT2D eigenvalue weighted by atomic mass is 10.1. The van der Waals surface area contributed by atoms with E-state index in [4.69, 9.17) is 11.6 Å². The smallest absolute Gasteiger partial charge is 0.270 e. The number of rotatable bonds is 6. The maximum atomic E-state index is 12.2. The molecule has 0 radical (unpaired) electrons. The molecule has 1 heterocycles. The van der Waals surface area contributed by atoms with Gasteiger partial charge >= 0.3 is 0 Å². The van der Waals surface area contributed by atoms with Crippen LogP contribution in [-0.2, 0) is 13.1 Å². The van der Waals surface area contributed by atoms with Crippen molar-refractivity contribution in [2.45, 2.75) is 20.0 Å². The molecule has 0 aliphatic heterocycles. The zero-order valence-corrected chi connectivity index (χ0v) is 15.3. The Bertz CT molecular complexity index is 877. The van der Waals surface area contributed by atoms with Gasteiger partial charge in [-0.3, -0.25) is 4.79 Å². The minimum absolute atomic E-state index is 0.183. The number of hydrogen-bond donors (Lipinski definition) is 2. The van der Waals surface area contributed by atoms with E-state index in [0.29, 0.717) is 18.8 Å². The van der Waals surface area contributed by atoms with Crippen molar-refractivity contribution in [3.05, 3.63) is 94.3 Å². The van der Waals surface area contributed by atoms with Crippen molar-refractivity contribution in [3.63, 3.8) is 0 Å². The van der Waals surface area contributed by atoms with Crippen LogP contribution in [0.25, 0.3) is 0 Å². The summed E-state index contributed by atoms with van der Waals surface area (Å²) in [5, 5.41) is 6.90. The van der Waals surface area contributed by atoms with Gasteiger partial charge in [-0.2, -0.15) is 0 Å². The molecular formula is C21H20ClN3O. The lowest BCUT2D eigenvalue weighted by Crippen LogP contribution is -2.24. The molecule has 3 aromatic rings. The predicted molar refractivity (Wildman–Crippen MR) is 105 cm³/mol. The first kappa shape index (κ1) is 18.0. The number of nitrogens with zero attached hydrogens (tertiary/aromatic N) is 1. The lowest BCUT2D eigenvalue weighted by Gasteiger charge is -2.09. The number of carbonyl (C=O) groups excluding carboxylic acids is 1. The first-order valence-electron chi connectivity index (χ1n) is 8.39. The quantitative estimate of drug-likeness (QED) is 0.672. The maximum Gasteiger partial charge on any atom is 0.270 e. The van der Waals surface area contributed by atoms with Gasteiger partial charge in [0.25, 0.3) is 5.91 Å². The Kier molecular flexibility index (Phi) is 5.87. The average molecular weight is 366 g/mol. The Labute approximate surface area is 158 Å². The highest BCUT2D eigenvalue weighted by molar-refractivity contribution is 6.30. The van der Waals surface area contributed by atoms with E-state index in [1.807, 2.05) is 61.5 Å². The van der Waals surface area contributed by atoms with Gasteiger partial charge < -0.3 is 10.6 Å². The van der Waals surface area contributed by atoms with E-state index >= 15 is 0 Å². The molecule has 4 nitrogen and oxygen atoms in total. The first-order chi connectivity index (χ1) is 12.6. The number of halogens is 1. The fraction of sp³-hybridized carbons (Fsp3) is 0.143. The van der Waals surface area contributed by atoms with E-state index in [1.165, 1.54) is 0 Å². The van der Waals surface area contributed by atoms with Gasteiger partial charge in [0.15, 0.2) is 0 Å². The average Bonchev–Trinajstić information content (AvgIpc) is 2.67. The molecule has 1 amide bonds. The molecule has 0 saturated carbocycles. The number of aryl methyl sites for hydroxylation is 1. The standard InChI is InChI=1S/C21H20ClN3O/c1-15-4-2-3-5-17(15)13-25-21(26)20-11-10-19(14-24-20)23-12-16-6-8-18(22)9-7-16/h2-11,14,23H,12-13H2,1H3,(H,25,26). The Balaban J connectivity index is 1.54. The van der Waals surface area contributed by atoms with Crippen LogP contribution in [0.3, 0.4) is 0 Å². The van der Waals surface area contributed by atoms with Crippen molar-refractivity contribution < 1.29 is 4.79 Å². The van der Waals surface area contributed by atoms with Crippen LogP contribution in [0.4, 0.5) is 5.69 Å². The van der Waals surface area contributed by atoms with Crippen LogP contribution in [-0.4, -0.2) is 10.9 Å². The molecule has 2 aromatic carbocycles. The summed E-state index contributed by atoms with van der Waals surface area (Å²) in [6.07, 6.45) is 1.67. The highest BCUT2D eigenvalue weighted by atomic mass is 35.5.